The van der Waals surface area contributed by atoms with Gasteiger partial charge in [0.2, 0.25) is 5.91 Å². The molecule has 1 aromatic rings. The molecule has 0 radical (unpaired) electrons. The van der Waals surface area contributed by atoms with Crippen LogP contribution in [0.25, 0.3) is 0 Å². The molecule has 2 fully saturated rings. The first-order valence-corrected chi connectivity index (χ1v) is 7.92. The third-order valence-corrected chi connectivity index (χ3v) is 5.02. The van der Waals surface area contributed by atoms with Crippen molar-refractivity contribution in [2.45, 2.75) is 25.7 Å². The number of carbonyl (C=O) groups excluding carboxylic acids is 1. The van der Waals surface area contributed by atoms with Crippen molar-refractivity contribution in [2.24, 2.45) is 5.41 Å². The molecule has 5 heteroatoms. The van der Waals surface area contributed by atoms with E-state index in [1.807, 2.05) is 4.90 Å². The van der Waals surface area contributed by atoms with Crippen molar-refractivity contribution in [1.82, 2.24) is 10.2 Å². The number of hydrogen-bond donors (Lipinski definition) is 2. The van der Waals surface area contributed by atoms with Gasteiger partial charge in [-0.05, 0) is 43.5 Å². The number of phenols is 1. The monoisotopic (exact) mass is 308 g/mol. The van der Waals surface area contributed by atoms with Crippen molar-refractivity contribution in [2.75, 3.05) is 26.2 Å². The third-order valence-electron chi connectivity index (χ3n) is 4.71. The quantitative estimate of drug-likeness (QED) is 0.880. The maximum atomic E-state index is 12.5. The lowest BCUT2D eigenvalue weighted by atomic mass is 9.79. The number of amides is 1. The maximum absolute atomic E-state index is 12.5. The molecule has 0 bridgehead atoms. The summed E-state index contributed by atoms with van der Waals surface area (Å²) in [6, 6.07) is 4.98. The van der Waals surface area contributed by atoms with Gasteiger partial charge in [0.1, 0.15) is 5.75 Å². The number of nitrogens with zero attached hydrogens (tertiary/aromatic N) is 1. The van der Waals surface area contributed by atoms with Crippen LogP contribution in [-0.2, 0) is 11.2 Å². The molecule has 21 heavy (non-hydrogen) atoms. The van der Waals surface area contributed by atoms with Gasteiger partial charge < -0.3 is 15.3 Å². The molecule has 3 rings (SSSR count). The Morgan fingerprint density at radius 3 is 3.00 bits per heavy atom. The highest BCUT2D eigenvalue weighted by atomic mass is 35.5. The molecule has 2 N–H and O–H groups in total. The van der Waals surface area contributed by atoms with Crippen molar-refractivity contribution in [1.29, 1.82) is 0 Å². The third kappa shape index (κ3) is 3.16. The first-order valence-electron chi connectivity index (χ1n) is 7.54. The van der Waals surface area contributed by atoms with Crippen molar-refractivity contribution < 1.29 is 9.90 Å². The van der Waals surface area contributed by atoms with Gasteiger partial charge in [-0.25, -0.2) is 0 Å². The molecule has 1 atom stereocenters. The second-order valence-corrected chi connectivity index (χ2v) is 6.72. The van der Waals surface area contributed by atoms with Crippen LogP contribution in [0.2, 0.25) is 5.02 Å². The molecule has 1 aromatic carbocycles. The number of likely N-dealkylation sites (tertiary alicyclic amines) is 1. The highest BCUT2D eigenvalue weighted by Gasteiger charge is 2.39. The van der Waals surface area contributed by atoms with Gasteiger partial charge in [-0.2, -0.15) is 0 Å². The SMILES string of the molecule is O=C(Cc1ccc(O)c(Cl)c1)N1CCCC2(CCNC2)C1. The van der Waals surface area contributed by atoms with Gasteiger partial charge in [0.25, 0.3) is 0 Å². The molecular weight excluding hydrogens is 288 g/mol. The molecule has 0 aromatic heterocycles. The van der Waals surface area contributed by atoms with E-state index in [1.54, 1.807) is 18.2 Å². The first-order chi connectivity index (χ1) is 10.1. The van der Waals surface area contributed by atoms with Gasteiger partial charge >= 0.3 is 0 Å². The Bertz CT molecular complexity index is 541. The molecule has 2 aliphatic rings. The predicted octanol–water partition coefficient (Wildman–Crippen LogP) is 2.19. The zero-order valence-electron chi connectivity index (χ0n) is 12.1. The Morgan fingerprint density at radius 1 is 1.43 bits per heavy atom. The van der Waals surface area contributed by atoms with E-state index in [1.165, 1.54) is 12.8 Å². The lowest BCUT2D eigenvalue weighted by Gasteiger charge is -2.40. The Morgan fingerprint density at radius 2 is 2.29 bits per heavy atom. The number of piperidine rings is 1. The van der Waals surface area contributed by atoms with E-state index in [9.17, 15) is 9.90 Å². The number of carbonyl (C=O) groups is 1. The van der Waals surface area contributed by atoms with Gasteiger partial charge in [-0.15, -0.1) is 0 Å². The minimum atomic E-state index is 0.0572. The standard InChI is InChI=1S/C16H21ClN2O2/c17-13-8-12(2-3-14(13)20)9-15(21)19-7-1-4-16(11-19)5-6-18-10-16/h2-3,8,18,20H,1,4-7,9-11H2. The number of phenolic OH excluding ortho intramolecular Hbond substituents is 1. The molecule has 114 valence electrons. The molecular formula is C16H21ClN2O2. The lowest BCUT2D eigenvalue weighted by Crippen LogP contribution is -2.47. The molecule has 1 spiro atoms. The van der Waals surface area contributed by atoms with Crippen molar-refractivity contribution in [3.63, 3.8) is 0 Å². The fraction of sp³-hybridized carbons (Fsp3) is 0.562. The zero-order valence-corrected chi connectivity index (χ0v) is 12.8. The Hall–Kier alpha value is -1.26. The molecule has 2 saturated heterocycles. The molecule has 0 saturated carbocycles. The zero-order chi connectivity index (χ0) is 14.9. The predicted molar refractivity (Wildman–Crippen MR) is 82.6 cm³/mol. The van der Waals surface area contributed by atoms with Crippen LogP contribution in [0.1, 0.15) is 24.8 Å². The topological polar surface area (TPSA) is 52.6 Å². The van der Waals surface area contributed by atoms with E-state index >= 15 is 0 Å². The van der Waals surface area contributed by atoms with Crippen LogP contribution in [0.3, 0.4) is 0 Å². The van der Waals surface area contributed by atoms with Crippen LogP contribution in [0.15, 0.2) is 18.2 Å². The van der Waals surface area contributed by atoms with Gasteiger partial charge in [0, 0.05) is 25.0 Å². The normalized spacial score (nSPS) is 25.5. The van der Waals surface area contributed by atoms with Gasteiger partial charge in [0.15, 0.2) is 0 Å². The summed E-state index contributed by atoms with van der Waals surface area (Å²) in [5, 5.41) is 13.2. The van der Waals surface area contributed by atoms with Gasteiger partial charge in [-0.3, -0.25) is 4.79 Å². The Balaban J connectivity index is 1.65. The fourth-order valence-corrected chi connectivity index (χ4v) is 3.71. The Kier molecular flexibility index (Phi) is 4.09. The fourth-order valence-electron chi connectivity index (χ4n) is 3.51. The van der Waals surface area contributed by atoms with E-state index in [0.717, 1.165) is 38.2 Å². The molecule has 1 amide bonds. The average Bonchev–Trinajstić information content (AvgIpc) is 2.91. The summed E-state index contributed by atoms with van der Waals surface area (Å²) in [7, 11) is 0. The van der Waals surface area contributed by atoms with E-state index in [4.69, 9.17) is 11.6 Å². The Labute approximate surface area is 130 Å². The summed E-state index contributed by atoms with van der Waals surface area (Å²) in [5.74, 6) is 0.213. The largest absolute Gasteiger partial charge is 0.506 e. The summed E-state index contributed by atoms with van der Waals surface area (Å²) in [5.41, 5.74) is 1.15. The number of rotatable bonds is 2. The van der Waals surface area contributed by atoms with Gasteiger partial charge in [-0.1, -0.05) is 17.7 Å². The minimum absolute atomic E-state index is 0.0572. The van der Waals surface area contributed by atoms with E-state index in [0.29, 0.717) is 16.9 Å². The number of halogens is 1. The van der Waals surface area contributed by atoms with Gasteiger partial charge in [0.05, 0.1) is 11.4 Å². The van der Waals surface area contributed by atoms with Crippen molar-refractivity contribution in [3.05, 3.63) is 28.8 Å². The summed E-state index contributed by atoms with van der Waals surface area (Å²) in [6.45, 7) is 3.81. The second kappa shape index (κ2) is 5.85. The molecule has 2 heterocycles. The van der Waals surface area contributed by atoms with Crippen molar-refractivity contribution >= 4 is 17.5 Å². The number of aromatic hydroxyl groups is 1. The molecule has 2 aliphatic heterocycles. The van der Waals surface area contributed by atoms with Crippen LogP contribution in [-0.4, -0.2) is 42.1 Å². The summed E-state index contributed by atoms with van der Waals surface area (Å²) in [4.78, 5) is 14.5. The van der Waals surface area contributed by atoms with Crippen LogP contribution in [0.5, 0.6) is 5.75 Å². The van der Waals surface area contributed by atoms with E-state index < -0.39 is 0 Å². The van der Waals surface area contributed by atoms with E-state index in [2.05, 4.69) is 5.32 Å². The number of benzene rings is 1. The highest BCUT2D eigenvalue weighted by molar-refractivity contribution is 6.32. The smallest absolute Gasteiger partial charge is 0.227 e. The number of nitrogens with one attached hydrogen (secondary N) is 1. The van der Waals surface area contributed by atoms with Crippen LogP contribution >= 0.6 is 11.6 Å². The average molecular weight is 309 g/mol. The summed E-state index contributed by atoms with van der Waals surface area (Å²) >= 11 is 5.90. The van der Waals surface area contributed by atoms with E-state index in [-0.39, 0.29) is 11.7 Å². The van der Waals surface area contributed by atoms with Crippen LogP contribution in [0.4, 0.5) is 0 Å². The maximum Gasteiger partial charge on any atom is 0.227 e. The second-order valence-electron chi connectivity index (χ2n) is 6.31. The van der Waals surface area contributed by atoms with Crippen LogP contribution in [0, 0.1) is 5.41 Å². The molecule has 1 unspecified atom stereocenters. The summed E-state index contributed by atoms with van der Waals surface area (Å²) < 4.78 is 0. The molecule has 0 aliphatic carbocycles. The van der Waals surface area contributed by atoms with Crippen LogP contribution < -0.4 is 5.32 Å². The van der Waals surface area contributed by atoms with Crippen molar-refractivity contribution in [3.8, 4) is 5.75 Å². The first kappa shape index (κ1) is 14.7. The minimum Gasteiger partial charge on any atom is -0.506 e. The number of hydrogen-bond acceptors (Lipinski definition) is 3. The highest BCUT2D eigenvalue weighted by Crippen LogP contribution is 2.35. The molecule has 4 nitrogen and oxygen atoms in total. The lowest BCUT2D eigenvalue weighted by molar-refractivity contribution is -0.133. The summed E-state index contributed by atoms with van der Waals surface area (Å²) in [6.07, 6.45) is 3.82.